The maximum atomic E-state index is 11.2. The van der Waals surface area contributed by atoms with E-state index in [-0.39, 0.29) is 5.92 Å². The van der Waals surface area contributed by atoms with E-state index in [1.54, 1.807) is 0 Å². The fourth-order valence-electron chi connectivity index (χ4n) is 2.36. The Kier molecular flexibility index (Phi) is 2.28. The topological polar surface area (TPSA) is 46.5 Å². The van der Waals surface area contributed by atoms with Gasteiger partial charge in [-0.1, -0.05) is 6.42 Å². The van der Waals surface area contributed by atoms with Crippen LogP contribution >= 0.6 is 0 Å². The number of carboxylic acid groups (broad SMARTS) is 1. The number of aliphatic carboxylic acids is 1. The molecule has 3 heteroatoms. The zero-order chi connectivity index (χ0) is 9.31. The van der Waals surface area contributed by atoms with Crippen molar-refractivity contribution in [2.24, 2.45) is 5.92 Å². The fraction of sp³-hybridized carbons (Fsp3) is 0.900. The van der Waals surface area contributed by atoms with Crippen LogP contribution in [0.5, 0.6) is 0 Å². The Labute approximate surface area is 78.1 Å². The molecule has 0 aromatic carbocycles. The first-order valence-corrected chi connectivity index (χ1v) is 5.13. The monoisotopic (exact) mass is 184 g/mol. The minimum Gasteiger partial charge on any atom is -0.479 e. The van der Waals surface area contributed by atoms with Crippen LogP contribution in [-0.4, -0.2) is 23.3 Å². The van der Waals surface area contributed by atoms with Crippen molar-refractivity contribution in [1.29, 1.82) is 0 Å². The van der Waals surface area contributed by atoms with Gasteiger partial charge >= 0.3 is 5.97 Å². The summed E-state index contributed by atoms with van der Waals surface area (Å²) in [6, 6.07) is 0. The largest absolute Gasteiger partial charge is 0.479 e. The Morgan fingerprint density at radius 1 is 1.31 bits per heavy atom. The number of carbonyl (C=O) groups is 1. The maximum Gasteiger partial charge on any atom is 0.336 e. The second-order valence-electron chi connectivity index (χ2n) is 4.13. The lowest BCUT2D eigenvalue weighted by Crippen LogP contribution is -2.52. The van der Waals surface area contributed by atoms with Crippen molar-refractivity contribution in [2.75, 3.05) is 6.61 Å². The first-order chi connectivity index (χ1) is 6.26. The molecule has 0 bridgehead atoms. The lowest BCUT2D eigenvalue weighted by Gasteiger charge is -2.44. The standard InChI is InChI=1S/C10H16O3/c11-9(12)10(8-4-3-5-8)6-1-2-7-13-10/h8H,1-7H2,(H,11,12). The summed E-state index contributed by atoms with van der Waals surface area (Å²) in [6.45, 7) is 0.628. The highest BCUT2D eigenvalue weighted by Gasteiger charge is 2.49. The highest BCUT2D eigenvalue weighted by atomic mass is 16.5. The van der Waals surface area contributed by atoms with E-state index in [4.69, 9.17) is 4.74 Å². The van der Waals surface area contributed by atoms with Gasteiger partial charge in [0, 0.05) is 6.61 Å². The van der Waals surface area contributed by atoms with Crippen LogP contribution in [0.3, 0.4) is 0 Å². The van der Waals surface area contributed by atoms with Crippen molar-refractivity contribution in [3.8, 4) is 0 Å². The highest BCUT2D eigenvalue weighted by Crippen LogP contribution is 2.43. The van der Waals surface area contributed by atoms with Crippen LogP contribution < -0.4 is 0 Å². The van der Waals surface area contributed by atoms with Crippen LogP contribution in [0.2, 0.25) is 0 Å². The van der Waals surface area contributed by atoms with E-state index < -0.39 is 11.6 Å². The van der Waals surface area contributed by atoms with Crippen molar-refractivity contribution in [2.45, 2.75) is 44.1 Å². The highest BCUT2D eigenvalue weighted by molar-refractivity contribution is 5.78. The van der Waals surface area contributed by atoms with Gasteiger partial charge in [0.05, 0.1) is 0 Å². The van der Waals surface area contributed by atoms with Gasteiger partial charge in [-0.15, -0.1) is 0 Å². The molecule has 1 unspecified atom stereocenters. The van der Waals surface area contributed by atoms with Gasteiger partial charge in [0.15, 0.2) is 5.60 Å². The molecular formula is C10H16O3. The third-order valence-corrected chi connectivity index (χ3v) is 3.43. The lowest BCUT2D eigenvalue weighted by atomic mass is 9.70. The third-order valence-electron chi connectivity index (χ3n) is 3.43. The van der Waals surface area contributed by atoms with Gasteiger partial charge in [-0.2, -0.15) is 0 Å². The molecule has 1 atom stereocenters. The first kappa shape index (κ1) is 9.00. The zero-order valence-electron chi connectivity index (χ0n) is 7.79. The fourth-order valence-corrected chi connectivity index (χ4v) is 2.36. The summed E-state index contributed by atoms with van der Waals surface area (Å²) in [4.78, 5) is 11.2. The molecule has 1 heterocycles. The second-order valence-corrected chi connectivity index (χ2v) is 4.13. The number of carboxylic acids is 1. The molecule has 13 heavy (non-hydrogen) atoms. The van der Waals surface area contributed by atoms with Crippen LogP contribution in [0, 0.1) is 5.92 Å². The summed E-state index contributed by atoms with van der Waals surface area (Å²) in [5, 5.41) is 9.20. The molecule has 74 valence electrons. The van der Waals surface area contributed by atoms with E-state index in [1.807, 2.05) is 0 Å². The molecule has 1 aliphatic heterocycles. The Bertz CT molecular complexity index is 202. The minimum absolute atomic E-state index is 0.283. The third kappa shape index (κ3) is 1.35. The van der Waals surface area contributed by atoms with Gasteiger partial charge in [-0.3, -0.25) is 0 Å². The van der Waals surface area contributed by atoms with E-state index in [0.717, 1.165) is 25.7 Å². The van der Waals surface area contributed by atoms with Crippen molar-refractivity contribution < 1.29 is 14.6 Å². The summed E-state index contributed by atoms with van der Waals surface area (Å²) in [5.74, 6) is -0.456. The van der Waals surface area contributed by atoms with Gasteiger partial charge in [0.2, 0.25) is 0 Å². The average Bonchev–Trinajstić information content (AvgIpc) is 2.02. The lowest BCUT2D eigenvalue weighted by molar-refractivity contribution is -0.188. The number of ether oxygens (including phenoxy) is 1. The van der Waals surface area contributed by atoms with Crippen molar-refractivity contribution in [3.05, 3.63) is 0 Å². The molecule has 0 spiro atoms. The summed E-state index contributed by atoms with van der Waals surface area (Å²) in [5.41, 5.74) is -0.809. The molecule has 1 aliphatic carbocycles. The normalized spacial score (nSPS) is 35.4. The molecule has 0 amide bonds. The molecule has 1 saturated heterocycles. The SMILES string of the molecule is O=C(O)C1(C2CCC2)CCCCO1. The maximum absolute atomic E-state index is 11.2. The van der Waals surface area contributed by atoms with Gasteiger partial charge < -0.3 is 9.84 Å². The summed E-state index contributed by atoms with van der Waals surface area (Å²) < 4.78 is 5.53. The Hall–Kier alpha value is -0.570. The van der Waals surface area contributed by atoms with Crippen molar-refractivity contribution >= 4 is 5.97 Å². The van der Waals surface area contributed by atoms with Gasteiger partial charge in [0.1, 0.15) is 0 Å². The predicted molar refractivity (Wildman–Crippen MR) is 47.5 cm³/mol. The van der Waals surface area contributed by atoms with Crippen molar-refractivity contribution in [3.63, 3.8) is 0 Å². The quantitative estimate of drug-likeness (QED) is 0.712. The summed E-state index contributed by atoms with van der Waals surface area (Å²) in [6.07, 6.45) is 5.97. The van der Waals surface area contributed by atoms with Crippen LogP contribution in [-0.2, 0) is 9.53 Å². The summed E-state index contributed by atoms with van der Waals surface area (Å²) in [7, 11) is 0. The van der Waals surface area contributed by atoms with Crippen LogP contribution in [0.1, 0.15) is 38.5 Å². The second kappa shape index (κ2) is 3.29. The van der Waals surface area contributed by atoms with Gasteiger partial charge in [-0.25, -0.2) is 4.79 Å². The molecule has 1 N–H and O–H groups in total. The number of rotatable bonds is 2. The molecule has 2 aliphatic rings. The molecule has 1 saturated carbocycles. The molecular weight excluding hydrogens is 168 g/mol. The Morgan fingerprint density at radius 3 is 2.46 bits per heavy atom. The minimum atomic E-state index is -0.809. The molecule has 2 fully saturated rings. The molecule has 3 nitrogen and oxygen atoms in total. The van der Waals surface area contributed by atoms with E-state index >= 15 is 0 Å². The molecule has 0 radical (unpaired) electrons. The average molecular weight is 184 g/mol. The summed E-state index contributed by atoms with van der Waals surface area (Å²) >= 11 is 0. The van der Waals surface area contributed by atoms with Crippen LogP contribution in [0.15, 0.2) is 0 Å². The van der Waals surface area contributed by atoms with Crippen LogP contribution in [0.25, 0.3) is 0 Å². The first-order valence-electron chi connectivity index (χ1n) is 5.13. The van der Waals surface area contributed by atoms with E-state index in [9.17, 15) is 9.90 Å². The number of hydrogen-bond acceptors (Lipinski definition) is 2. The van der Waals surface area contributed by atoms with Gasteiger partial charge in [0.25, 0.3) is 0 Å². The molecule has 2 rings (SSSR count). The van der Waals surface area contributed by atoms with Crippen LogP contribution in [0.4, 0.5) is 0 Å². The van der Waals surface area contributed by atoms with E-state index in [1.165, 1.54) is 6.42 Å². The smallest absolute Gasteiger partial charge is 0.336 e. The Morgan fingerprint density at radius 2 is 2.08 bits per heavy atom. The predicted octanol–water partition coefficient (Wildman–Crippen LogP) is 1.81. The van der Waals surface area contributed by atoms with Crippen molar-refractivity contribution in [1.82, 2.24) is 0 Å². The zero-order valence-corrected chi connectivity index (χ0v) is 7.79. The van der Waals surface area contributed by atoms with E-state index in [2.05, 4.69) is 0 Å². The van der Waals surface area contributed by atoms with Gasteiger partial charge in [-0.05, 0) is 38.0 Å². The number of hydrogen-bond donors (Lipinski definition) is 1. The Balaban J connectivity index is 2.12. The molecule has 0 aromatic heterocycles. The molecule has 0 aromatic rings. The van der Waals surface area contributed by atoms with E-state index in [0.29, 0.717) is 13.0 Å².